The minimum atomic E-state index is -0.630. The number of rotatable bonds is 2. The Labute approximate surface area is 161 Å². The highest BCUT2D eigenvalue weighted by atomic mass is 16.5. The molecule has 4 saturated carbocycles. The van der Waals surface area contributed by atoms with Crippen molar-refractivity contribution < 1.29 is 28.7 Å². The summed E-state index contributed by atoms with van der Waals surface area (Å²) < 4.78 is 10.6. The zero-order chi connectivity index (χ0) is 19.2. The Morgan fingerprint density at radius 3 is 1.36 bits per heavy atom. The van der Waals surface area contributed by atoms with E-state index in [0.717, 1.165) is 11.1 Å². The van der Waals surface area contributed by atoms with Gasteiger partial charge in [-0.15, -0.1) is 0 Å². The Morgan fingerprint density at radius 1 is 0.679 bits per heavy atom. The van der Waals surface area contributed by atoms with Crippen molar-refractivity contribution in [1.82, 2.24) is 0 Å². The second kappa shape index (κ2) is 4.50. The lowest BCUT2D eigenvalue weighted by Crippen LogP contribution is -2.33. The Morgan fingerprint density at radius 2 is 1.04 bits per heavy atom. The van der Waals surface area contributed by atoms with Gasteiger partial charge in [0.05, 0.1) is 0 Å². The molecule has 8 bridgehead atoms. The molecule has 0 radical (unpaired) electrons. The molecule has 10 atom stereocenters. The van der Waals surface area contributed by atoms with Gasteiger partial charge in [-0.05, 0) is 47.3 Å². The molecule has 144 valence electrons. The van der Waals surface area contributed by atoms with Gasteiger partial charge in [-0.2, -0.15) is 0 Å². The first-order valence-corrected chi connectivity index (χ1v) is 10.3. The molecule has 0 aromatic rings. The van der Waals surface area contributed by atoms with Crippen molar-refractivity contribution in [3.8, 4) is 0 Å². The Balaban J connectivity index is 1.23. The largest absolute Gasteiger partial charge is 0.454 e. The van der Waals surface area contributed by atoms with Gasteiger partial charge >= 0.3 is 11.9 Å². The van der Waals surface area contributed by atoms with Crippen molar-refractivity contribution >= 4 is 23.5 Å². The van der Waals surface area contributed by atoms with E-state index in [9.17, 15) is 19.2 Å². The van der Waals surface area contributed by atoms with Gasteiger partial charge in [0.2, 0.25) is 0 Å². The van der Waals surface area contributed by atoms with E-state index in [4.69, 9.17) is 9.47 Å². The smallest absolute Gasteiger partial charge is 0.303 e. The minimum Gasteiger partial charge on any atom is -0.454 e. The molecule has 6 heteroatoms. The van der Waals surface area contributed by atoms with Gasteiger partial charge in [0.25, 0.3) is 0 Å². The molecule has 8 aliphatic rings. The summed E-state index contributed by atoms with van der Waals surface area (Å²) in [7, 11) is 0. The number of Topliss-reactive ketones (excluding diaryl/α,β-unsaturated/α-hetero) is 2. The molecule has 28 heavy (non-hydrogen) atoms. The number of ether oxygens (including phenoxy) is 2. The van der Waals surface area contributed by atoms with Gasteiger partial charge < -0.3 is 9.47 Å². The van der Waals surface area contributed by atoms with Crippen LogP contribution >= 0.6 is 0 Å². The predicted octanol–water partition coefficient (Wildman–Crippen LogP) is 1.39. The standard InChI is InChI=1S/C22H20O6/c1-5(23)27-9-3-7-11-15-16-12-8-4-10(28-6(2)24)22(26)14(8)20(16)17(11)18(12)19(15)13(7)21(9)25/h9-12,15-20H,3-4H2,1-2H3/t9-,10-,11+,12+,15-,16+,17+,18+,19-,20-/m1/s1. The third kappa shape index (κ3) is 1.40. The van der Waals surface area contributed by atoms with Crippen LogP contribution in [0.1, 0.15) is 26.7 Å². The maximum atomic E-state index is 13.0. The first kappa shape index (κ1) is 15.7. The second-order valence-electron chi connectivity index (χ2n) is 9.62. The van der Waals surface area contributed by atoms with Gasteiger partial charge in [-0.1, -0.05) is 11.1 Å². The third-order valence-electron chi connectivity index (χ3n) is 8.91. The monoisotopic (exact) mass is 380 g/mol. The van der Waals surface area contributed by atoms with Crippen LogP contribution in [-0.4, -0.2) is 35.7 Å². The number of ketones is 2. The number of carbonyl (C=O) groups excluding carboxylic acids is 4. The van der Waals surface area contributed by atoms with E-state index in [1.165, 1.54) is 25.0 Å². The molecule has 0 amide bonds. The summed E-state index contributed by atoms with van der Waals surface area (Å²) in [5, 5.41) is 0. The zero-order valence-electron chi connectivity index (χ0n) is 15.6. The lowest BCUT2D eigenvalue weighted by atomic mass is 9.68. The number of hydrogen-bond donors (Lipinski definition) is 0. The van der Waals surface area contributed by atoms with Crippen LogP contribution in [0.4, 0.5) is 0 Å². The van der Waals surface area contributed by atoms with Crippen molar-refractivity contribution in [2.24, 2.45) is 47.3 Å². The lowest BCUT2D eigenvalue weighted by Gasteiger charge is -2.35. The average Bonchev–Trinajstić information content (AvgIpc) is 3.41. The Bertz CT molecular complexity index is 920. The van der Waals surface area contributed by atoms with Crippen LogP contribution in [-0.2, 0) is 28.7 Å². The molecule has 0 N–H and O–H groups in total. The summed E-state index contributed by atoms with van der Waals surface area (Å²) in [5.74, 6) is 2.48. The molecule has 0 spiro atoms. The van der Waals surface area contributed by atoms with E-state index in [2.05, 4.69) is 0 Å². The minimum absolute atomic E-state index is 0.0269. The zero-order valence-corrected chi connectivity index (χ0v) is 15.6. The van der Waals surface area contributed by atoms with E-state index < -0.39 is 24.1 Å². The quantitative estimate of drug-likeness (QED) is 0.673. The van der Waals surface area contributed by atoms with E-state index in [1.807, 2.05) is 0 Å². The molecular weight excluding hydrogens is 360 g/mol. The second-order valence-corrected chi connectivity index (χ2v) is 9.62. The summed E-state index contributed by atoms with van der Waals surface area (Å²) in [5.41, 5.74) is 4.39. The van der Waals surface area contributed by atoms with Crippen LogP contribution in [0.25, 0.3) is 0 Å². The summed E-state index contributed by atoms with van der Waals surface area (Å²) >= 11 is 0. The van der Waals surface area contributed by atoms with Crippen LogP contribution in [0.2, 0.25) is 0 Å². The highest BCUT2D eigenvalue weighted by Gasteiger charge is 2.83. The van der Waals surface area contributed by atoms with Gasteiger partial charge in [0.1, 0.15) is 0 Å². The maximum absolute atomic E-state index is 13.0. The third-order valence-corrected chi connectivity index (χ3v) is 8.91. The average molecular weight is 380 g/mol. The first-order valence-electron chi connectivity index (χ1n) is 10.3. The SMILES string of the molecule is CC(=O)O[C@@H]1CC2=C(C1=O)[C@H]1[C@H]3[C@H]4C5=C(C(=O)[C@H](OC(C)=O)C5)[C@H]5[C@H]3[C@@H]2[C@H]1[C@@H]45. The predicted molar refractivity (Wildman–Crippen MR) is 92.3 cm³/mol. The normalized spacial score (nSPS) is 50.4. The molecule has 0 unspecified atom stereocenters. The lowest BCUT2D eigenvalue weighted by molar-refractivity contribution is -0.151. The van der Waals surface area contributed by atoms with Crippen LogP contribution in [0.15, 0.2) is 22.3 Å². The molecule has 0 aromatic carbocycles. The molecule has 0 aromatic heterocycles. The van der Waals surface area contributed by atoms with Gasteiger partial charge in [-0.25, -0.2) is 0 Å². The van der Waals surface area contributed by atoms with E-state index >= 15 is 0 Å². The summed E-state index contributed by atoms with van der Waals surface area (Å²) in [6, 6.07) is 0. The Hall–Kier alpha value is -2.24. The highest BCUT2D eigenvalue weighted by molar-refractivity contribution is 6.07. The molecule has 0 aliphatic heterocycles. The summed E-state index contributed by atoms with van der Waals surface area (Å²) in [4.78, 5) is 48.7. The molecule has 0 saturated heterocycles. The van der Waals surface area contributed by atoms with Crippen LogP contribution < -0.4 is 0 Å². The molecule has 8 rings (SSSR count). The van der Waals surface area contributed by atoms with Gasteiger partial charge in [0, 0.05) is 37.8 Å². The van der Waals surface area contributed by atoms with Crippen molar-refractivity contribution in [3.05, 3.63) is 22.3 Å². The fourth-order valence-corrected chi connectivity index (χ4v) is 8.98. The van der Waals surface area contributed by atoms with Crippen LogP contribution in [0.3, 0.4) is 0 Å². The number of hydrogen-bond acceptors (Lipinski definition) is 6. The van der Waals surface area contributed by atoms with Crippen LogP contribution in [0, 0.1) is 47.3 Å². The number of carbonyl (C=O) groups is 4. The first-order chi connectivity index (χ1) is 13.4. The van der Waals surface area contributed by atoms with Crippen molar-refractivity contribution in [1.29, 1.82) is 0 Å². The number of esters is 2. The van der Waals surface area contributed by atoms with Gasteiger partial charge in [0.15, 0.2) is 23.8 Å². The van der Waals surface area contributed by atoms with E-state index in [-0.39, 0.29) is 11.6 Å². The van der Waals surface area contributed by atoms with Crippen molar-refractivity contribution in [2.75, 3.05) is 0 Å². The van der Waals surface area contributed by atoms with Crippen molar-refractivity contribution in [3.63, 3.8) is 0 Å². The summed E-state index contributed by atoms with van der Waals surface area (Å²) in [6.07, 6.45) is -0.159. The summed E-state index contributed by atoms with van der Waals surface area (Å²) in [6.45, 7) is 2.71. The van der Waals surface area contributed by atoms with E-state index in [1.54, 1.807) is 0 Å². The fourth-order valence-electron chi connectivity index (χ4n) is 8.98. The van der Waals surface area contributed by atoms with E-state index in [0.29, 0.717) is 60.2 Å². The van der Waals surface area contributed by atoms with Crippen molar-refractivity contribution in [2.45, 2.75) is 38.9 Å². The molecule has 4 fully saturated rings. The van der Waals surface area contributed by atoms with Crippen LogP contribution in [0.5, 0.6) is 0 Å². The topological polar surface area (TPSA) is 86.7 Å². The van der Waals surface area contributed by atoms with Gasteiger partial charge in [-0.3, -0.25) is 19.2 Å². The Kier molecular flexibility index (Phi) is 2.51. The molecule has 8 aliphatic carbocycles. The highest BCUT2D eigenvalue weighted by Crippen LogP contribution is 2.85. The molecule has 6 nitrogen and oxygen atoms in total. The molecular formula is C22H20O6. The fraction of sp³-hybridized carbons (Fsp3) is 0.636. The maximum Gasteiger partial charge on any atom is 0.303 e. The molecule has 0 heterocycles.